The molecule has 4 aliphatic rings. The van der Waals surface area contributed by atoms with Gasteiger partial charge < -0.3 is 9.64 Å². The van der Waals surface area contributed by atoms with Gasteiger partial charge in [-0.3, -0.25) is 4.79 Å². The van der Waals surface area contributed by atoms with Crippen molar-refractivity contribution < 1.29 is 9.53 Å². The van der Waals surface area contributed by atoms with Crippen molar-refractivity contribution in [1.82, 2.24) is 4.90 Å². The minimum Gasteiger partial charge on any atom is -0.371 e. The van der Waals surface area contributed by atoms with Crippen LogP contribution in [0.2, 0.25) is 0 Å². The standard InChI is InChI=1S/C17H23N3O2/c1-2-3-9-17(18-19-17)10-7-14(21)20-12-16(8-4-11-22-16)15(20)13-5-6-13/h1,13,15H,3-12H2. The second-order valence-corrected chi connectivity index (χ2v) is 7.21. The molecule has 5 nitrogen and oxygen atoms in total. The SMILES string of the molecule is C#CCCC1(CCC(=O)N2CC3(CCCO3)C2C2CC2)N=N1. The summed E-state index contributed by atoms with van der Waals surface area (Å²) in [4.78, 5) is 14.7. The fourth-order valence-electron chi connectivity index (χ4n) is 4.19. The molecule has 3 aliphatic heterocycles. The summed E-state index contributed by atoms with van der Waals surface area (Å²) in [5.41, 5.74) is -0.351. The van der Waals surface area contributed by atoms with E-state index in [0.717, 1.165) is 32.4 Å². The van der Waals surface area contributed by atoms with Gasteiger partial charge in [-0.1, -0.05) is 0 Å². The van der Waals surface area contributed by atoms with E-state index in [1.54, 1.807) is 0 Å². The molecule has 0 aromatic carbocycles. The first-order chi connectivity index (χ1) is 10.7. The van der Waals surface area contributed by atoms with Gasteiger partial charge in [0.15, 0.2) is 5.66 Å². The summed E-state index contributed by atoms with van der Waals surface area (Å²) < 4.78 is 6.03. The van der Waals surface area contributed by atoms with Crippen LogP contribution in [0.5, 0.6) is 0 Å². The summed E-state index contributed by atoms with van der Waals surface area (Å²) in [5.74, 6) is 3.54. The number of amides is 1. The Labute approximate surface area is 131 Å². The van der Waals surface area contributed by atoms with E-state index in [1.807, 2.05) is 0 Å². The lowest BCUT2D eigenvalue weighted by Crippen LogP contribution is -2.71. The Morgan fingerprint density at radius 3 is 2.77 bits per heavy atom. The third kappa shape index (κ3) is 2.34. The van der Waals surface area contributed by atoms with Crippen molar-refractivity contribution in [2.75, 3.05) is 13.2 Å². The van der Waals surface area contributed by atoms with Crippen LogP contribution in [0.1, 0.15) is 51.4 Å². The van der Waals surface area contributed by atoms with E-state index in [-0.39, 0.29) is 17.2 Å². The normalized spacial score (nSPS) is 34.5. The van der Waals surface area contributed by atoms with Gasteiger partial charge in [0.1, 0.15) is 5.60 Å². The second kappa shape index (κ2) is 5.06. The fourth-order valence-corrected chi connectivity index (χ4v) is 4.19. The van der Waals surface area contributed by atoms with Crippen LogP contribution < -0.4 is 0 Å². The molecule has 5 heteroatoms. The maximum atomic E-state index is 12.6. The Kier molecular flexibility index (Phi) is 3.26. The number of terminal acetylenes is 1. The quantitative estimate of drug-likeness (QED) is 0.708. The zero-order valence-electron chi connectivity index (χ0n) is 13.0. The van der Waals surface area contributed by atoms with Crippen molar-refractivity contribution in [3.8, 4) is 12.3 Å². The first-order valence-corrected chi connectivity index (χ1v) is 8.49. The number of hydrogen-bond donors (Lipinski definition) is 0. The van der Waals surface area contributed by atoms with E-state index in [1.165, 1.54) is 12.8 Å². The van der Waals surface area contributed by atoms with Gasteiger partial charge in [0, 0.05) is 32.3 Å². The highest BCUT2D eigenvalue weighted by molar-refractivity contribution is 5.78. The monoisotopic (exact) mass is 301 g/mol. The lowest BCUT2D eigenvalue weighted by atomic mass is 9.77. The molecule has 0 bridgehead atoms. The van der Waals surface area contributed by atoms with Crippen LogP contribution >= 0.6 is 0 Å². The van der Waals surface area contributed by atoms with E-state index in [9.17, 15) is 4.79 Å². The zero-order valence-corrected chi connectivity index (χ0v) is 13.0. The van der Waals surface area contributed by atoms with Gasteiger partial charge >= 0.3 is 0 Å². The molecule has 0 aromatic heterocycles. The van der Waals surface area contributed by atoms with Crippen LogP contribution in [-0.4, -0.2) is 41.3 Å². The molecule has 2 saturated heterocycles. The molecule has 4 rings (SSSR count). The third-order valence-electron chi connectivity index (χ3n) is 5.63. The fraction of sp³-hybridized carbons (Fsp3) is 0.824. The Balaban J connectivity index is 1.33. The van der Waals surface area contributed by atoms with Crippen molar-refractivity contribution in [2.45, 2.75) is 68.7 Å². The Morgan fingerprint density at radius 2 is 2.18 bits per heavy atom. The van der Waals surface area contributed by atoms with Crippen molar-refractivity contribution in [3.63, 3.8) is 0 Å². The molecule has 2 unspecified atom stereocenters. The first kappa shape index (κ1) is 14.2. The molecule has 1 amide bonds. The molecular weight excluding hydrogens is 278 g/mol. The lowest BCUT2D eigenvalue weighted by molar-refractivity contribution is -0.185. The minimum atomic E-state index is -0.344. The van der Waals surface area contributed by atoms with E-state index >= 15 is 0 Å². The number of carbonyl (C=O) groups excluding carboxylic acids is 1. The molecule has 0 radical (unpaired) electrons. The van der Waals surface area contributed by atoms with Gasteiger partial charge in [0.05, 0.1) is 12.6 Å². The van der Waals surface area contributed by atoms with Gasteiger partial charge in [-0.25, -0.2) is 0 Å². The van der Waals surface area contributed by atoms with Crippen LogP contribution in [0, 0.1) is 18.3 Å². The molecular formula is C17H23N3O2. The Morgan fingerprint density at radius 1 is 1.36 bits per heavy atom. The van der Waals surface area contributed by atoms with Crippen LogP contribution in [0.3, 0.4) is 0 Å². The Bertz CT molecular complexity index is 535. The van der Waals surface area contributed by atoms with Gasteiger partial charge in [0.2, 0.25) is 5.91 Å². The Hall–Kier alpha value is -1.41. The van der Waals surface area contributed by atoms with Crippen molar-refractivity contribution >= 4 is 5.91 Å². The third-order valence-corrected chi connectivity index (χ3v) is 5.63. The molecule has 1 saturated carbocycles. The summed E-state index contributed by atoms with van der Waals surface area (Å²) in [6.45, 7) is 1.65. The summed E-state index contributed by atoms with van der Waals surface area (Å²) in [6, 6.07) is 0.331. The first-order valence-electron chi connectivity index (χ1n) is 8.49. The summed E-state index contributed by atoms with van der Waals surface area (Å²) in [6.07, 6.45) is 12.7. The molecule has 22 heavy (non-hydrogen) atoms. The molecule has 2 atom stereocenters. The van der Waals surface area contributed by atoms with Gasteiger partial charge in [0.25, 0.3) is 0 Å². The maximum Gasteiger partial charge on any atom is 0.223 e. The van der Waals surface area contributed by atoms with Gasteiger partial charge in [-0.05, 0) is 31.6 Å². The van der Waals surface area contributed by atoms with Crippen molar-refractivity contribution in [1.29, 1.82) is 0 Å². The van der Waals surface area contributed by atoms with Crippen LogP contribution in [0.25, 0.3) is 0 Å². The lowest BCUT2D eigenvalue weighted by Gasteiger charge is -2.55. The number of likely N-dealkylation sites (tertiary alicyclic amines) is 1. The predicted octanol–water partition coefficient (Wildman–Crippen LogP) is 2.51. The average molecular weight is 301 g/mol. The molecule has 3 fully saturated rings. The molecule has 118 valence electrons. The average Bonchev–Trinajstić information content (AvgIpc) is 3.42. The smallest absolute Gasteiger partial charge is 0.223 e. The van der Waals surface area contributed by atoms with Crippen molar-refractivity contribution in [3.05, 3.63) is 0 Å². The molecule has 0 N–H and O–H groups in total. The van der Waals surface area contributed by atoms with Crippen LogP contribution in [-0.2, 0) is 9.53 Å². The van der Waals surface area contributed by atoms with E-state index in [0.29, 0.717) is 31.2 Å². The molecule has 3 heterocycles. The highest BCUT2D eigenvalue weighted by Gasteiger charge is 2.61. The molecule has 1 spiro atoms. The van der Waals surface area contributed by atoms with Gasteiger partial charge in [-0.15, -0.1) is 12.3 Å². The van der Waals surface area contributed by atoms with Crippen LogP contribution in [0.15, 0.2) is 10.2 Å². The predicted molar refractivity (Wildman–Crippen MR) is 81.0 cm³/mol. The van der Waals surface area contributed by atoms with E-state index in [4.69, 9.17) is 11.2 Å². The number of carbonyl (C=O) groups is 1. The van der Waals surface area contributed by atoms with Gasteiger partial charge in [-0.2, -0.15) is 10.2 Å². The molecule has 0 aromatic rings. The zero-order chi connectivity index (χ0) is 15.2. The summed E-state index contributed by atoms with van der Waals surface area (Å²) >= 11 is 0. The number of rotatable bonds is 6. The van der Waals surface area contributed by atoms with E-state index in [2.05, 4.69) is 21.0 Å². The molecule has 1 aliphatic carbocycles. The number of nitrogens with zero attached hydrogens (tertiary/aromatic N) is 3. The maximum absolute atomic E-state index is 12.6. The van der Waals surface area contributed by atoms with Crippen molar-refractivity contribution in [2.24, 2.45) is 16.1 Å². The topological polar surface area (TPSA) is 54.3 Å². The highest BCUT2D eigenvalue weighted by Crippen LogP contribution is 2.51. The van der Waals surface area contributed by atoms with Crippen LogP contribution in [0.4, 0.5) is 0 Å². The summed E-state index contributed by atoms with van der Waals surface area (Å²) in [7, 11) is 0. The number of hydrogen-bond acceptors (Lipinski definition) is 4. The summed E-state index contributed by atoms with van der Waals surface area (Å²) in [5, 5.41) is 8.24. The number of ether oxygens (including phenoxy) is 1. The minimum absolute atomic E-state index is 0.00763. The second-order valence-electron chi connectivity index (χ2n) is 7.21. The van der Waals surface area contributed by atoms with E-state index < -0.39 is 0 Å². The largest absolute Gasteiger partial charge is 0.371 e. The highest BCUT2D eigenvalue weighted by atomic mass is 16.5.